The number of hydrogen-bond acceptors (Lipinski definition) is 4. The van der Waals surface area contributed by atoms with Gasteiger partial charge in [-0.25, -0.2) is 4.79 Å². The summed E-state index contributed by atoms with van der Waals surface area (Å²) >= 11 is 0. The van der Waals surface area contributed by atoms with Crippen molar-refractivity contribution in [2.24, 2.45) is 11.8 Å². The van der Waals surface area contributed by atoms with Gasteiger partial charge >= 0.3 is 5.97 Å². The van der Waals surface area contributed by atoms with Gasteiger partial charge in [0.1, 0.15) is 0 Å². The minimum Gasteiger partial charge on any atom is -0.462 e. The van der Waals surface area contributed by atoms with Crippen molar-refractivity contribution in [1.82, 2.24) is 0 Å². The lowest BCUT2D eigenvalue weighted by atomic mass is 10.1. The molecule has 4 heteroatoms. The van der Waals surface area contributed by atoms with E-state index in [0.717, 1.165) is 24.1 Å². The molecule has 0 heterocycles. The highest BCUT2D eigenvalue weighted by Crippen LogP contribution is 2.31. The number of ether oxygens (including phenoxy) is 1. The molecule has 0 saturated heterocycles. The minimum absolute atomic E-state index is 0.324. The number of benzene rings is 1. The van der Waals surface area contributed by atoms with Crippen LogP contribution >= 0.6 is 0 Å². The summed E-state index contributed by atoms with van der Waals surface area (Å²) in [7, 11) is 0. The van der Waals surface area contributed by atoms with Crippen molar-refractivity contribution in [2.45, 2.75) is 33.1 Å². The molecule has 4 nitrogen and oxygen atoms in total. The number of rotatable bonds is 5. The molecule has 1 saturated carbocycles. The zero-order valence-corrected chi connectivity index (χ0v) is 12.3. The van der Waals surface area contributed by atoms with E-state index in [4.69, 9.17) is 10.5 Å². The molecule has 0 aromatic heterocycles. The number of hydrogen-bond donors (Lipinski definition) is 2. The number of carbonyl (C=O) groups excluding carboxylic acids is 1. The maximum absolute atomic E-state index is 11.6. The fourth-order valence-electron chi connectivity index (χ4n) is 2.83. The van der Waals surface area contributed by atoms with E-state index in [1.54, 1.807) is 19.1 Å². The molecule has 2 unspecified atom stereocenters. The van der Waals surface area contributed by atoms with Crippen molar-refractivity contribution >= 4 is 17.3 Å². The van der Waals surface area contributed by atoms with Crippen LogP contribution in [0.1, 0.15) is 43.5 Å². The number of esters is 1. The molecule has 0 amide bonds. The number of nitrogens with one attached hydrogen (secondary N) is 1. The highest BCUT2D eigenvalue weighted by molar-refractivity contribution is 5.91. The van der Waals surface area contributed by atoms with Gasteiger partial charge in [0.2, 0.25) is 0 Å². The Labute approximate surface area is 120 Å². The molecule has 0 bridgehead atoms. The zero-order chi connectivity index (χ0) is 14.5. The van der Waals surface area contributed by atoms with E-state index in [0.29, 0.717) is 17.9 Å². The highest BCUT2D eigenvalue weighted by atomic mass is 16.5. The van der Waals surface area contributed by atoms with Crippen LogP contribution in [0.3, 0.4) is 0 Å². The fraction of sp³-hybridized carbons (Fsp3) is 0.562. The summed E-state index contributed by atoms with van der Waals surface area (Å²) in [5, 5.41) is 3.40. The van der Waals surface area contributed by atoms with Crippen LogP contribution in [0, 0.1) is 11.8 Å². The predicted octanol–water partition coefficient (Wildman–Crippen LogP) is 3.29. The second kappa shape index (κ2) is 6.64. The lowest BCUT2D eigenvalue weighted by Gasteiger charge is -2.14. The minimum atomic E-state index is -0.324. The molecule has 0 radical (unpaired) electrons. The summed E-state index contributed by atoms with van der Waals surface area (Å²) in [4.78, 5) is 11.6. The average Bonchev–Trinajstić information content (AvgIpc) is 2.83. The number of carbonyl (C=O) groups is 1. The van der Waals surface area contributed by atoms with Gasteiger partial charge in [0.15, 0.2) is 0 Å². The summed E-state index contributed by atoms with van der Waals surface area (Å²) in [6.07, 6.45) is 3.90. The molecule has 20 heavy (non-hydrogen) atoms. The molecule has 3 N–H and O–H groups in total. The number of nitrogen functional groups attached to an aromatic ring is 1. The van der Waals surface area contributed by atoms with Crippen LogP contribution in [0.25, 0.3) is 0 Å². The van der Waals surface area contributed by atoms with E-state index in [1.165, 1.54) is 19.3 Å². The Kier molecular flexibility index (Phi) is 4.88. The van der Waals surface area contributed by atoms with Gasteiger partial charge in [-0.2, -0.15) is 0 Å². The van der Waals surface area contributed by atoms with Crippen molar-refractivity contribution in [3.8, 4) is 0 Å². The van der Waals surface area contributed by atoms with Gasteiger partial charge in [0.25, 0.3) is 0 Å². The van der Waals surface area contributed by atoms with Crippen molar-refractivity contribution in [3.05, 3.63) is 23.8 Å². The Morgan fingerprint density at radius 1 is 1.45 bits per heavy atom. The van der Waals surface area contributed by atoms with E-state index in [-0.39, 0.29) is 5.97 Å². The summed E-state index contributed by atoms with van der Waals surface area (Å²) in [5.74, 6) is 1.25. The lowest BCUT2D eigenvalue weighted by molar-refractivity contribution is 0.0526. The van der Waals surface area contributed by atoms with E-state index in [1.807, 2.05) is 6.07 Å². The first kappa shape index (κ1) is 14.7. The van der Waals surface area contributed by atoms with E-state index in [2.05, 4.69) is 12.2 Å². The van der Waals surface area contributed by atoms with Crippen LogP contribution in [-0.4, -0.2) is 19.1 Å². The van der Waals surface area contributed by atoms with Gasteiger partial charge in [-0.3, -0.25) is 0 Å². The second-order valence-electron chi connectivity index (χ2n) is 5.69. The summed E-state index contributed by atoms with van der Waals surface area (Å²) in [6, 6.07) is 5.30. The Bertz CT molecular complexity index is 474. The first-order chi connectivity index (χ1) is 9.60. The van der Waals surface area contributed by atoms with Crippen LogP contribution in [0.2, 0.25) is 0 Å². The number of anilines is 2. The van der Waals surface area contributed by atoms with Crippen LogP contribution in [0.4, 0.5) is 11.4 Å². The van der Waals surface area contributed by atoms with Gasteiger partial charge in [0, 0.05) is 6.54 Å². The largest absolute Gasteiger partial charge is 0.462 e. The second-order valence-corrected chi connectivity index (χ2v) is 5.69. The van der Waals surface area contributed by atoms with Crippen LogP contribution < -0.4 is 11.1 Å². The maximum atomic E-state index is 11.6. The van der Waals surface area contributed by atoms with Gasteiger partial charge < -0.3 is 15.8 Å². The summed E-state index contributed by atoms with van der Waals surface area (Å²) < 4.78 is 4.96. The Morgan fingerprint density at radius 3 is 2.85 bits per heavy atom. The molecular formula is C16H24N2O2. The van der Waals surface area contributed by atoms with E-state index < -0.39 is 0 Å². The van der Waals surface area contributed by atoms with E-state index in [9.17, 15) is 4.79 Å². The molecule has 2 rings (SSSR count). The SMILES string of the molecule is CCOC(=O)c1ccc(NCC2CCC(C)C2)c(N)c1. The van der Waals surface area contributed by atoms with Gasteiger partial charge in [-0.15, -0.1) is 0 Å². The molecule has 110 valence electrons. The molecule has 2 atom stereocenters. The third kappa shape index (κ3) is 3.65. The fourth-order valence-corrected chi connectivity index (χ4v) is 2.83. The Hall–Kier alpha value is -1.71. The molecule has 1 aliphatic rings. The molecule has 1 aromatic rings. The smallest absolute Gasteiger partial charge is 0.338 e. The Balaban J connectivity index is 1.94. The monoisotopic (exact) mass is 276 g/mol. The molecule has 1 aliphatic carbocycles. The van der Waals surface area contributed by atoms with Crippen LogP contribution in [0.15, 0.2) is 18.2 Å². The Morgan fingerprint density at radius 2 is 2.25 bits per heavy atom. The quantitative estimate of drug-likeness (QED) is 0.640. The molecule has 0 aliphatic heterocycles. The summed E-state index contributed by atoms with van der Waals surface area (Å²) in [5.41, 5.74) is 8.00. The van der Waals surface area contributed by atoms with Gasteiger partial charge in [-0.1, -0.05) is 13.3 Å². The topological polar surface area (TPSA) is 64.3 Å². The first-order valence-corrected chi connectivity index (χ1v) is 7.40. The molecule has 1 aromatic carbocycles. The van der Waals surface area contributed by atoms with E-state index >= 15 is 0 Å². The number of nitrogens with two attached hydrogens (primary N) is 1. The van der Waals surface area contributed by atoms with Crippen molar-refractivity contribution in [3.63, 3.8) is 0 Å². The predicted molar refractivity (Wildman–Crippen MR) is 81.8 cm³/mol. The maximum Gasteiger partial charge on any atom is 0.338 e. The first-order valence-electron chi connectivity index (χ1n) is 7.40. The molecule has 0 spiro atoms. The highest BCUT2D eigenvalue weighted by Gasteiger charge is 2.21. The van der Waals surface area contributed by atoms with Crippen molar-refractivity contribution < 1.29 is 9.53 Å². The third-order valence-electron chi connectivity index (χ3n) is 3.95. The zero-order valence-electron chi connectivity index (χ0n) is 12.3. The summed E-state index contributed by atoms with van der Waals surface area (Å²) in [6.45, 7) is 5.42. The van der Waals surface area contributed by atoms with Gasteiger partial charge in [-0.05, 0) is 49.8 Å². The standard InChI is InChI=1S/C16H24N2O2/c1-3-20-16(19)13-6-7-15(14(17)9-13)18-10-12-5-4-11(2)8-12/h6-7,9,11-12,18H,3-5,8,10,17H2,1-2H3. The van der Waals surface area contributed by atoms with Crippen molar-refractivity contribution in [2.75, 3.05) is 24.2 Å². The van der Waals surface area contributed by atoms with Gasteiger partial charge in [0.05, 0.1) is 23.5 Å². The normalized spacial score (nSPS) is 21.7. The molecular weight excluding hydrogens is 252 g/mol. The van der Waals surface area contributed by atoms with Crippen LogP contribution in [-0.2, 0) is 4.74 Å². The average molecular weight is 276 g/mol. The third-order valence-corrected chi connectivity index (χ3v) is 3.95. The van der Waals surface area contributed by atoms with Crippen LogP contribution in [0.5, 0.6) is 0 Å². The lowest BCUT2D eigenvalue weighted by Crippen LogP contribution is -2.13. The van der Waals surface area contributed by atoms with Crippen molar-refractivity contribution in [1.29, 1.82) is 0 Å². The molecule has 1 fully saturated rings.